The third-order valence-corrected chi connectivity index (χ3v) is 5.70. The fourth-order valence-electron chi connectivity index (χ4n) is 3.41. The van der Waals surface area contributed by atoms with E-state index in [4.69, 9.17) is 4.42 Å². The van der Waals surface area contributed by atoms with E-state index in [0.717, 1.165) is 54.4 Å². The maximum atomic E-state index is 9.73. The monoisotopic (exact) mass is 342 g/mol. The molecule has 0 amide bonds. The fourth-order valence-corrected chi connectivity index (χ4v) is 4.34. The molecule has 2 aromatic heterocycles. The van der Waals surface area contributed by atoms with Gasteiger partial charge < -0.3 is 14.8 Å². The van der Waals surface area contributed by atoms with Crippen molar-refractivity contribution >= 4 is 21.6 Å². The van der Waals surface area contributed by atoms with Crippen LogP contribution in [0.15, 0.2) is 40.8 Å². The van der Waals surface area contributed by atoms with Crippen molar-refractivity contribution in [2.24, 2.45) is 5.92 Å². The van der Waals surface area contributed by atoms with Crippen LogP contribution in [0.25, 0.3) is 21.0 Å². The molecule has 126 valence electrons. The van der Waals surface area contributed by atoms with Crippen molar-refractivity contribution in [3.8, 4) is 10.8 Å². The molecule has 1 aliphatic rings. The van der Waals surface area contributed by atoms with Crippen LogP contribution in [0, 0.1) is 5.92 Å². The molecule has 1 fully saturated rings. The van der Waals surface area contributed by atoms with Crippen molar-refractivity contribution in [3.63, 3.8) is 0 Å². The minimum Gasteiger partial charge on any atom is -0.457 e. The predicted octanol–water partition coefficient (Wildman–Crippen LogP) is 4.20. The van der Waals surface area contributed by atoms with Crippen LogP contribution in [0.2, 0.25) is 0 Å². The molecule has 0 aliphatic heterocycles. The Balaban J connectivity index is 1.36. The zero-order chi connectivity index (χ0) is 16.4. The van der Waals surface area contributed by atoms with E-state index < -0.39 is 0 Å². The van der Waals surface area contributed by atoms with E-state index in [9.17, 15) is 5.11 Å². The number of aromatic nitrogens is 1. The zero-order valence-electron chi connectivity index (χ0n) is 13.6. The number of hydrogen-bond acceptors (Lipinski definition) is 5. The second-order valence-electron chi connectivity index (χ2n) is 6.57. The molecule has 1 aliphatic carbocycles. The number of nitrogens with one attached hydrogen (secondary N) is 1. The third-order valence-electron chi connectivity index (χ3n) is 4.65. The van der Waals surface area contributed by atoms with E-state index in [1.54, 1.807) is 11.3 Å². The Kier molecular flexibility index (Phi) is 4.65. The first-order chi connectivity index (χ1) is 11.8. The molecular formula is C19H22N2O2S. The third kappa shape index (κ3) is 3.53. The van der Waals surface area contributed by atoms with Crippen LogP contribution in [0.3, 0.4) is 0 Å². The Bertz CT molecular complexity index is 777. The molecule has 2 N–H and O–H groups in total. The average Bonchev–Trinajstić information content (AvgIpc) is 3.21. The van der Waals surface area contributed by atoms with Crippen LogP contribution in [0.5, 0.6) is 0 Å². The molecule has 4 nitrogen and oxygen atoms in total. The Morgan fingerprint density at radius 3 is 3.00 bits per heavy atom. The summed E-state index contributed by atoms with van der Waals surface area (Å²) in [7, 11) is 0. The number of aliphatic hydroxyl groups is 1. The lowest BCUT2D eigenvalue weighted by molar-refractivity contribution is 0.100. The van der Waals surface area contributed by atoms with Gasteiger partial charge in [0.25, 0.3) is 0 Å². The standard InChI is InChI=1S/C19H22N2O2S/c22-14-5-3-4-13(10-14)11-20-12-15-8-9-17(23-15)19-21-16-6-1-2-7-18(16)24-19/h1-2,6-9,13-14,20,22H,3-5,10-12H2. The lowest BCUT2D eigenvalue weighted by Crippen LogP contribution is -2.28. The summed E-state index contributed by atoms with van der Waals surface area (Å²) in [5, 5.41) is 14.1. The van der Waals surface area contributed by atoms with Gasteiger partial charge in [-0.3, -0.25) is 0 Å². The average molecular weight is 342 g/mol. The quantitative estimate of drug-likeness (QED) is 0.730. The van der Waals surface area contributed by atoms with Crippen molar-refractivity contribution in [1.82, 2.24) is 10.3 Å². The Labute approximate surface area is 145 Å². The molecule has 1 aromatic carbocycles. The first-order valence-electron chi connectivity index (χ1n) is 8.61. The molecule has 5 heteroatoms. The first kappa shape index (κ1) is 15.8. The van der Waals surface area contributed by atoms with Crippen LogP contribution >= 0.6 is 11.3 Å². The number of nitrogens with zero attached hydrogens (tertiary/aromatic N) is 1. The van der Waals surface area contributed by atoms with E-state index in [-0.39, 0.29) is 6.10 Å². The number of rotatable bonds is 5. The van der Waals surface area contributed by atoms with Gasteiger partial charge in [-0.05, 0) is 56.0 Å². The van der Waals surface area contributed by atoms with Gasteiger partial charge in [0.05, 0.1) is 22.9 Å². The van der Waals surface area contributed by atoms with E-state index in [1.807, 2.05) is 30.3 Å². The topological polar surface area (TPSA) is 58.3 Å². The highest BCUT2D eigenvalue weighted by atomic mass is 32.1. The highest BCUT2D eigenvalue weighted by Gasteiger charge is 2.19. The maximum Gasteiger partial charge on any atom is 0.163 e. The second kappa shape index (κ2) is 7.05. The van der Waals surface area contributed by atoms with Crippen molar-refractivity contribution in [3.05, 3.63) is 42.2 Å². The van der Waals surface area contributed by atoms with Gasteiger partial charge in [-0.1, -0.05) is 18.6 Å². The Morgan fingerprint density at radius 1 is 1.21 bits per heavy atom. The van der Waals surface area contributed by atoms with Crippen molar-refractivity contribution in [1.29, 1.82) is 0 Å². The Morgan fingerprint density at radius 2 is 2.12 bits per heavy atom. The highest BCUT2D eigenvalue weighted by molar-refractivity contribution is 7.21. The molecule has 2 atom stereocenters. The predicted molar refractivity (Wildman–Crippen MR) is 97.0 cm³/mol. The molecular weight excluding hydrogens is 320 g/mol. The fraction of sp³-hybridized carbons (Fsp3) is 0.421. The number of hydrogen-bond donors (Lipinski definition) is 2. The van der Waals surface area contributed by atoms with E-state index >= 15 is 0 Å². The second-order valence-corrected chi connectivity index (χ2v) is 7.60. The van der Waals surface area contributed by atoms with Crippen LogP contribution in [-0.4, -0.2) is 22.7 Å². The summed E-state index contributed by atoms with van der Waals surface area (Å²) in [5.41, 5.74) is 1.02. The lowest BCUT2D eigenvalue weighted by atomic mass is 9.87. The van der Waals surface area contributed by atoms with Gasteiger partial charge in [0.1, 0.15) is 5.76 Å². The zero-order valence-corrected chi connectivity index (χ0v) is 14.4. The van der Waals surface area contributed by atoms with Gasteiger partial charge in [-0.2, -0.15) is 0 Å². The lowest BCUT2D eigenvalue weighted by Gasteiger charge is -2.25. The molecule has 0 radical (unpaired) electrons. The minimum absolute atomic E-state index is 0.111. The summed E-state index contributed by atoms with van der Waals surface area (Å²) >= 11 is 1.66. The summed E-state index contributed by atoms with van der Waals surface area (Å²) in [6, 6.07) is 12.2. The van der Waals surface area contributed by atoms with Gasteiger partial charge in [0.2, 0.25) is 0 Å². The van der Waals surface area contributed by atoms with Gasteiger partial charge in [-0.15, -0.1) is 11.3 Å². The normalized spacial score (nSPS) is 21.4. The number of fused-ring (bicyclic) bond motifs is 1. The SMILES string of the molecule is OC1CCCC(CNCc2ccc(-c3nc4ccccc4s3)o2)C1. The summed E-state index contributed by atoms with van der Waals surface area (Å²) in [5.74, 6) is 2.34. The molecule has 3 aromatic rings. The molecule has 4 rings (SSSR count). The number of benzene rings is 1. The molecule has 0 saturated heterocycles. The molecule has 2 heterocycles. The van der Waals surface area contributed by atoms with E-state index in [2.05, 4.69) is 16.4 Å². The molecule has 2 unspecified atom stereocenters. The minimum atomic E-state index is -0.111. The van der Waals surface area contributed by atoms with Crippen molar-refractivity contribution in [2.75, 3.05) is 6.54 Å². The van der Waals surface area contributed by atoms with Gasteiger partial charge in [0, 0.05) is 0 Å². The number of aliphatic hydroxyl groups excluding tert-OH is 1. The summed E-state index contributed by atoms with van der Waals surface area (Å²) in [6.07, 6.45) is 4.11. The van der Waals surface area contributed by atoms with Gasteiger partial charge >= 0.3 is 0 Å². The van der Waals surface area contributed by atoms with Crippen LogP contribution in [-0.2, 0) is 6.54 Å². The molecule has 0 spiro atoms. The van der Waals surface area contributed by atoms with Gasteiger partial charge in [0.15, 0.2) is 10.8 Å². The maximum absolute atomic E-state index is 9.73. The smallest absolute Gasteiger partial charge is 0.163 e. The Hall–Kier alpha value is -1.69. The largest absolute Gasteiger partial charge is 0.457 e. The summed E-state index contributed by atoms with van der Waals surface area (Å²) < 4.78 is 7.13. The molecule has 1 saturated carbocycles. The number of thiazole rings is 1. The van der Waals surface area contributed by atoms with E-state index in [0.29, 0.717) is 5.92 Å². The summed E-state index contributed by atoms with van der Waals surface area (Å²) in [6.45, 7) is 1.66. The van der Waals surface area contributed by atoms with Crippen LogP contribution in [0.1, 0.15) is 31.4 Å². The van der Waals surface area contributed by atoms with Crippen molar-refractivity contribution in [2.45, 2.75) is 38.3 Å². The number of para-hydroxylation sites is 1. The summed E-state index contributed by atoms with van der Waals surface area (Å²) in [4.78, 5) is 4.63. The molecule has 24 heavy (non-hydrogen) atoms. The van der Waals surface area contributed by atoms with E-state index in [1.165, 1.54) is 11.1 Å². The van der Waals surface area contributed by atoms with Crippen molar-refractivity contribution < 1.29 is 9.52 Å². The van der Waals surface area contributed by atoms with Gasteiger partial charge in [-0.25, -0.2) is 4.98 Å². The highest BCUT2D eigenvalue weighted by Crippen LogP contribution is 2.31. The number of furan rings is 1. The van der Waals surface area contributed by atoms with Crippen LogP contribution in [0.4, 0.5) is 0 Å². The first-order valence-corrected chi connectivity index (χ1v) is 9.43. The van der Waals surface area contributed by atoms with Crippen LogP contribution < -0.4 is 5.32 Å². The molecule has 0 bridgehead atoms.